The topological polar surface area (TPSA) is 140 Å². The molecular formula is C40H58ClF3N8O4. The quantitative estimate of drug-likeness (QED) is 0.143. The molecule has 0 saturated heterocycles. The molecule has 0 spiro atoms. The van der Waals surface area contributed by atoms with E-state index in [4.69, 9.17) is 30.5 Å². The van der Waals surface area contributed by atoms with E-state index in [1.165, 1.54) is 34.2 Å². The summed E-state index contributed by atoms with van der Waals surface area (Å²) in [6, 6.07) is 0. The molecule has 0 N–H and O–H groups in total. The fourth-order valence-corrected chi connectivity index (χ4v) is 4.99. The molecule has 4 heterocycles. The van der Waals surface area contributed by atoms with Crippen molar-refractivity contribution in [2.45, 2.75) is 131 Å². The fraction of sp³-hybridized carbons (Fsp3) is 0.600. The first-order chi connectivity index (χ1) is 26.4. The minimum Gasteiger partial charge on any atom is -0.480 e. The summed E-state index contributed by atoms with van der Waals surface area (Å²) in [6.07, 6.45) is 3.61. The van der Waals surface area contributed by atoms with E-state index in [1.807, 2.05) is 55.4 Å². The van der Waals surface area contributed by atoms with Crippen LogP contribution in [0.5, 0.6) is 23.5 Å². The van der Waals surface area contributed by atoms with Crippen LogP contribution < -0.4 is 18.9 Å². The van der Waals surface area contributed by atoms with Crippen LogP contribution in [0.15, 0.2) is 0 Å². The summed E-state index contributed by atoms with van der Waals surface area (Å²) in [6.45, 7) is 21.3. The predicted molar refractivity (Wildman–Crippen MR) is 211 cm³/mol. The van der Waals surface area contributed by atoms with Crippen LogP contribution in [0.1, 0.15) is 158 Å². The minimum atomic E-state index is -0.667. The highest BCUT2D eigenvalue weighted by Crippen LogP contribution is 2.44. The van der Waals surface area contributed by atoms with E-state index in [0.717, 1.165) is 17.3 Å². The molecule has 4 aromatic heterocycles. The van der Waals surface area contributed by atoms with Gasteiger partial charge in [-0.3, -0.25) is 0 Å². The molecule has 0 radical (unpaired) electrons. The number of rotatable bonds is 11. The van der Waals surface area contributed by atoms with Crippen molar-refractivity contribution in [3.05, 3.63) is 68.5 Å². The predicted octanol–water partition coefficient (Wildman–Crippen LogP) is 9.82. The second-order valence-electron chi connectivity index (χ2n) is 14.1. The summed E-state index contributed by atoms with van der Waals surface area (Å²) in [5.41, 5.74) is 2.38. The van der Waals surface area contributed by atoms with Gasteiger partial charge in [0, 0.05) is 29.6 Å². The van der Waals surface area contributed by atoms with Crippen LogP contribution >= 0.6 is 11.6 Å². The maximum atomic E-state index is 13.6. The van der Waals surface area contributed by atoms with Crippen LogP contribution in [0.25, 0.3) is 0 Å². The molecule has 16 heteroatoms. The minimum absolute atomic E-state index is 0.0243. The van der Waals surface area contributed by atoms with Gasteiger partial charge in [0.05, 0.1) is 51.2 Å². The largest absolute Gasteiger partial charge is 0.480 e. The lowest BCUT2D eigenvalue weighted by Gasteiger charge is -2.11. The second kappa shape index (κ2) is 22.4. The number of ether oxygens (including phenoxy) is 4. The molecule has 12 nitrogen and oxygen atoms in total. The van der Waals surface area contributed by atoms with Crippen molar-refractivity contribution in [1.82, 2.24) is 39.9 Å². The summed E-state index contributed by atoms with van der Waals surface area (Å²) < 4.78 is 59.6. The van der Waals surface area contributed by atoms with Gasteiger partial charge in [0.1, 0.15) is 28.3 Å². The number of aryl methyl sites for hydroxylation is 3. The Kier molecular flexibility index (Phi) is 19.1. The maximum absolute atomic E-state index is 13.6. The first kappa shape index (κ1) is 47.8. The smallest absolute Gasteiger partial charge is 0.257 e. The molecule has 310 valence electrons. The molecule has 0 unspecified atom stereocenters. The van der Waals surface area contributed by atoms with Crippen molar-refractivity contribution in [1.29, 1.82) is 0 Å². The van der Waals surface area contributed by atoms with E-state index < -0.39 is 11.6 Å². The van der Waals surface area contributed by atoms with Gasteiger partial charge in [-0.1, -0.05) is 80.8 Å². The Bertz CT molecular complexity index is 1760. The Morgan fingerprint density at radius 1 is 0.518 bits per heavy atom. The Morgan fingerprint density at radius 2 is 0.857 bits per heavy atom. The molecule has 0 bridgehead atoms. The Morgan fingerprint density at radius 3 is 1.21 bits per heavy atom. The zero-order valence-electron chi connectivity index (χ0n) is 35.4. The third-order valence-corrected chi connectivity index (χ3v) is 8.51. The standard InChI is InChI=1S/C11H15ClN2O.C11H17FN2.C9H13FN2O2.C9H13FN2O/c1-6(2)10-13-9(7-4-5-7)8(12)11(14-10)15-3;1-5-8-10(12)9(6-2)14-11(13-8)7(3)4;1-5(2)7-11-8(13-3)6(10)9(12-7)14-4;1-5(2)8-11-6(3)7(10)9(12-8)13-4/h6-7H,4-5H2,1-3H3;7H,5-6H2,1-4H3;5H,1-4H3;5H,1-4H3. The lowest BCUT2D eigenvalue weighted by Crippen LogP contribution is -2.08. The zero-order chi connectivity index (χ0) is 42.4. The van der Waals surface area contributed by atoms with Gasteiger partial charge in [0.15, 0.2) is 5.82 Å². The first-order valence-corrected chi connectivity index (χ1v) is 19.2. The average molecular weight is 807 g/mol. The molecule has 1 aliphatic carbocycles. The average Bonchev–Trinajstić information content (AvgIpc) is 4.02. The summed E-state index contributed by atoms with van der Waals surface area (Å²) >= 11 is 6.17. The number of hydrogen-bond donors (Lipinski definition) is 0. The summed E-state index contributed by atoms with van der Waals surface area (Å²) in [4.78, 5) is 33.0. The number of methoxy groups -OCH3 is 4. The monoisotopic (exact) mass is 806 g/mol. The van der Waals surface area contributed by atoms with Gasteiger partial charge in [-0.05, 0) is 32.6 Å². The molecule has 1 fully saturated rings. The van der Waals surface area contributed by atoms with Crippen molar-refractivity contribution in [3.8, 4) is 23.5 Å². The number of halogens is 4. The normalized spacial score (nSPS) is 12.1. The van der Waals surface area contributed by atoms with Crippen LogP contribution in [-0.4, -0.2) is 68.3 Å². The third-order valence-electron chi connectivity index (χ3n) is 8.15. The van der Waals surface area contributed by atoms with Gasteiger partial charge in [0.25, 0.3) is 17.6 Å². The third kappa shape index (κ3) is 13.1. The molecule has 0 amide bonds. The SMILES string of the molecule is CCc1nc(C(C)C)nc(CC)c1F.COc1nc(C(C)C)nc(C)c1F.COc1nc(C(C)C)nc(C2CC2)c1Cl.COc1nc(C(C)C)nc(OC)c1F. The lowest BCUT2D eigenvalue weighted by molar-refractivity contribution is 0.323. The van der Waals surface area contributed by atoms with Gasteiger partial charge >= 0.3 is 0 Å². The Balaban J connectivity index is 0.000000258. The summed E-state index contributed by atoms with van der Waals surface area (Å²) in [5, 5.41) is 0.587. The number of hydrogen-bond acceptors (Lipinski definition) is 12. The molecule has 0 aromatic carbocycles. The van der Waals surface area contributed by atoms with E-state index in [2.05, 4.69) is 53.7 Å². The van der Waals surface area contributed by atoms with Crippen LogP contribution in [0.4, 0.5) is 13.2 Å². The van der Waals surface area contributed by atoms with E-state index in [0.29, 0.717) is 64.3 Å². The molecule has 4 aromatic rings. The molecule has 0 aliphatic heterocycles. The van der Waals surface area contributed by atoms with Gasteiger partial charge in [-0.2, -0.15) is 28.7 Å². The van der Waals surface area contributed by atoms with E-state index in [-0.39, 0.29) is 41.2 Å². The summed E-state index contributed by atoms with van der Waals surface area (Å²) in [7, 11) is 5.70. The van der Waals surface area contributed by atoms with Crippen LogP contribution in [0, 0.1) is 24.4 Å². The van der Waals surface area contributed by atoms with Crippen molar-refractivity contribution in [2.75, 3.05) is 28.4 Å². The number of nitrogens with zero attached hydrogens (tertiary/aromatic N) is 8. The van der Waals surface area contributed by atoms with Gasteiger partial charge in [0.2, 0.25) is 17.5 Å². The van der Waals surface area contributed by atoms with E-state index in [9.17, 15) is 13.2 Å². The van der Waals surface area contributed by atoms with Gasteiger partial charge < -0.3 is 18.9 Å². The van der Waals surface area contributed by atoms with Crippen molar-refractivity contribution < 1.29 is 32.1 Å². The molecule has 56 heavy (non-hydrogen) atoms. The maximum Gasteiger partial charge on any atom is 0.257 e. The van der Waals surface area contributed by atoms with Gasteiger partial charge in [-0.15, -0.1) is 0 Å². The fourth-order valence-electron chi connectivity index (χ4n) is 4.67. The highest BCUT2D eigenvalue weighted by molar-refractivity contribution is 6.32. The highest BCUT2D eigenvalue weighted by Gasteiger charge is 2.30. The van der Waals surface area contributed by atoms with Crippen molar-refractivity contribution in [3.63, 3.8) is 0 Å². The van der Waals surface area contributed by atoms with Crippen molar-refractivity contribution in [2.24, 2.45) is 0 Å². The lowest BCUT2D eigenvalue weighted by atomic mass is 10.1. The molecular weight excluding hydrogens is 749 g/mol. The number of aromatic nitrogens is 8. The highest BCUT2D eigenvalue weighted by atomic mass is 35.5. The van der Waals surface area contributed by atoms with Crippen LogP contribution in [-0.2, 0) is 12.8 Å². The Labute approximate surface area is 334 Å². The van der Waals surface area contributed by atoms with Crippen LogP contribution in [0.2, 0.25) is 5.02 Å². The molecule has 1 aliphatic rings. The van der Waals surface area contributed by atoms with E-state index in [1.54, 1.807) is 14.0 Å². The first-order valence-electron chi connectivity index (χ1n) is 18.8. The second-order valence-corrected chi connectivity index (χ2v) is 14.5. The summed E-state index contributed by atoms with van der Waals surface area (Å²) in [5.74, 6) is 3.02. The zero-order valence-corrected chi connectivity index (χ0v) is 36.2. The molecule has 0 atom stereocenters. The van der Waals surface area contributed by atoms with Crippen LogP contribution in [0.3, 0.4) is 0 Å². The van der Waals surface area contributed by atoms with Crippen molar-refractivity contribution >= 4 is 11.6 Å². The van der Waals surface area contributed by atoms with Gasteiger partial charge in [-0.25, -0.2) is 24.3 Å². The molecule has 5 rings (SSSR count). The van der Waals surface area contributed by atoms with E-state index >= 15 is 0 Å². The molecule has 1 saturated carbocycles. The Hall–Kier alpha value is -4.40.